The molecule has 1 heterocycles. The number of ether oxygens (including phenoxy) is 2. The standard InChI is InChI=1S/C12H19NO5/c1-5-17-11(16)13-7-6-8(9(13)14)10(15)18-12(2,3)4/h8H,5-7H2,1-4H3. The van der Waals surface area contributed by atoms with E-state index < -0.39 is 29.5 Å². The van der Waals surface area contributed by atoms with Crippen LogP contribution in [0.4, 0.5) is 4.79 Å². The fourth-order valence-electron chi connectivity index (χ4n) is 1.65. The normalized spacial score (nSPS) is 19.9. The lowest BCUT2D eigenvalue weighted by molar-refractivity contribution is -0.162. The number of imide groups is 1. The molecule has 2 amide bonds. The maximum atomic E-state index is 11.9. The Morgan fingerprint density at radius 2 is 2.00 bits per heavy atom. The van der Waals surface area contributed by atoms with Crippen molar-refractivity contribution >= 4 is 18.0 Å². The second-order valence-corrected chi connectivity index (χ2v) is 5.06. The molecule has 1 unspecified atom stereocenters. The lowest BCUT2D eigenvalue weighted by Crippen LogP contribution is -2.37. The van der Waals surface area contributed by atoms with Gasteiger partial charge in [-0.25, -0.2) is 9.69 Å². The molecule has 1 atom stereocenters. The molecule has 1 aliphatic rings. The van der Waals surface area contributed by atoms with Crippen molar-refractivity contribution in [3.63, 3.8) is 0 Å². The van der Waals surface area contributed by atoms with Crippen LogP contribution >= 0.6 is 0 Å². The number of hydrogen-bond acceptors (Lipinski definition) is 5. The summed E-state index contributed by atoms with van der Waals surface area (Å²) in [5, 5.41) is 0. The topological polar surface area (TPSA) is 72.9 Å². The zero-order chi connectivity index (χ0) is 13.9. The fourth-order valence-corrected chi connectivity index (χ4v) is 1.65. The van der Waals surface area contributed by atoms with E-state index in [9.17, 15) is 14.4 Å². The zero-order valence-corrected chi connectivity index (χ0v) is 11.2. The van der Waals surface area contributed by atoms with Gasteiger partial charge in [-0.1, -0.05) is 0 Å². The van der Waals surface area contributed by atoms with Gasteiger partial charge in [-0.2, -0.15) is 0 Å². The first kappa shape index (κ1) is 14.5. The first-order valence-corrected chi connectivity index (χ1v) is 5.97. The Bertz CT molecular complexity index is 358. The summed E-state index contributed by atoms with van der Waals surface area (Å²) in [6, 6.07) is 0. The van der Waals surface area contributed by atoms with Gasteiger partial charge in [-0.3, -0.25) is 9.59 Å². The fraction of sp³-hybridized carbons (Fsp3) is 0.750. The van der Waals surface area contributed by atoms with E-state index >= 15 is 0 Å². The molecule has 6 nitrogen and oxygen atoms in total. The van der Waals surface area contributed by atoms with Crippen molar-refractivity contribution in [3.05, 3.63) is 0 Å². The van der Waals surface area contributed by atoms with E-state index in [-0.39, 0.29) is 19.6 Å². The van der Waals surface area contributed by atoms with E-state index in [4.69, 9.17) is 9.47 Å². The highest BCUT2D eigenvalue weighted by molar-refractivity contribution is 6.05. The maximum absolute atomic E-state index is 11.9. The van der Waals surface area contributed by atoms with Crippen molar-refractivity contribution in [2.45, 2.75) is 39.7 Å². The third-order valence-electron chi connectivity index (χ3n) is 2.39. The summed E-state index contributed by atoms with van der Waals surface area (Å²) < 4.78 is 9.88. The average Bonchev–Trinajstić information content (AvgIpc) is 2.57. The Balaban J connectivity index is 2.65. The Hall–Kier alpha value is -1.59. The summed E-state index contributed by atoms with van der Waals surface area (Å²) >= 11 is 0. The van der Waals surface area contributed by atoms with E-state index in [1.54, 1.807) is 27.7 Å². The Morgan fingerprint density at radius 3 is 2.50 bits per heavy atom. The number of nitrogens with zero attached hydrogens (tertiary/aromatic N) is 1. The molecule has 0 radical (unpaired) electrons. The zero-order valence-electron chi connectivity index (χ0n) is 11.2. The van der Waals surface area contributed by atoms with Gasteiger partial charge in [0.2, 0.25) is 5.91 Å². The summed E-state index contributed by atoms with van der Waals surface area (Å²) in [6.07, 6.45) is -0.416. The molecule has 1 fully saturated rings. The lowest BCUT2D eigenvalue weighted by atomic mass is 10.1. The molecule has 0 aliphatic carbocycles. The van der Waals surface area contributed by atoms with Crippen molar-refractivity contribution in [3.8, 4) is 0 Å². The molecule has 1 rings (SSSR count). The lowest BCUT2D eigenvalue weighted by Gasteiger charge is -2.21. The van der Waals surface area contributed by atoms with Crippen LogP contribution in [0.15, 0.2) is 0 Å². The van der Waals surface area contributed by atoms with E-state index in [2.05, 4.69) is 0 Å². The largest absolute Gasteiger partial charge is 0.459 e. The Labute approximate surface area is 106 Å². The summed E-state index contributed by atoms with van der Waals surface area (Å²) in [5.41, 5.74) is -0.644. The van der Waals surface area contributed by atoms with Crippen molar-refractivity contribution in [1.82, 2.24) is 4.90 Å². The number of carbonyl (C=O) groups excluding carboxylic acids is 3. The molecular formula is C12H19NO5. The van der Waals surface area contributed by atoms with E-state index in [1.165, 1.54) is 0 Å². The Morgan fingerprint density at radius 1 is 1.39 bits per heavy atom. The van der Waals surface area contributed by atoms with Gasteiger partial charge in [-0.05, 0) is 34.1 Å². The molecule has 0 saturated carbocycles. The van der Waals surface area contributed by atoms with Crippen LogP contribution in [0, 0.1) is 5.92 Å². The van der Waals surface area contributed by atoms with Crippen LogP contribution in [0.25, 0.3) is 0 Å². The van der Waals surface area contributed by atoms with Crippen molar-refractivity contribution in [2.75, 3.05) is 13.2 Å². The van der Waals surface area contributed by atoms with Crippen LogP contribution < -0.4 is 0 Å². The summed E-state index contributed by atoms with van der Waals surface area (Å²) in [6.45, 7) is 7.24. The number of amides is 2. The molecular weight excluding hydrogens is 238 g/mol. The molecule has 0 spiro atoms. The summed E-state index contributed by atoms with van der Waals surface area (Å²) in [4.78, 5) is 36.0. The minimum Gasteiger partial charge on any atom is -0.459 e. The molecule has 102 valence electrons. The van der Waals surface area contributed by atoms with Crippen molar-refractivity contribution < 1.29 is 23.9 Å². The van der Waals surface area contributed by atoms with Gasteiger partial charge in [0.05, 0.1) is 6.61 Å². The van der Waals surface area contributed by atoms with Gasteiger partial charge >= 0.3 is 12.1 Å². The van der Waals surface area contributed by atoms with Crippen LogP contribution in [0.3, 0.4) is 0 Å². The number of esters is 1. The maximum Gasteiger partial charge on any atom is 0.416 e. The molecule has 1 aliphatic heterocycles. The number of carbonyl (C=O) groups is 3. The second kappa shape index (κ2) is 5.37. The molecule has 0 aromatic rings. The Kier molecular flexibility index (Phi) is 4.32. The quantitative estimate of drug-likeness (QED) is 0.551. The van der Waals surface area contributed by atoms with E-state index in [0.29, 0.717) is 0 Å². The highest BCUT2D eigenvalue weighted by Crippen LogP contribution is 2.22. The van der Waals surface area contributed by atoms with E-state index in [0.717, 1.165) is 4.90 Å². The van der Waals surface area contributed by atoms with Crippen LogP contribution in [0.5, 0.6) is 0 Å². The minimum absolute atomic E-state index is 0.194. The van der Waals surface area contributed by atoms with Crippen LogP contribution in [-0.2, 0) is 19.1 Å². The second-order valence-electron chi connectivity index (χ2n) is 5.06. The highest BCUT2D eigenvalue weighted by Gasteiger charge is 2.42. The van der Waals surface area contributed by atoms with Gasteiger partial charge in [0, 0.05) is 6.54 Å². The predicted molar refractivity (Wildman–Crippen MR) is 62.7 cm³/mol. The van der Waals surface area contributed by atoms with Gasteiger partial charge in [0.25, 0.3) is 0 Å². The first-order valence-electron chi connectivity index (χ1n) is 5.97. The monoisotopic (exact) mass is 257 g/mol. The molecule has 0 aromatic heterocycles. The molecule has 0 N–H and O–H groups in total. The van der Waals surface area contributed by atoms with Gasteiger partial charge in [0.1, 0.15) is 11.5 Å². The van der Waals surface area contributed by atoms with Crippen molar-refractivity contribution in [2.24, 2.45) is 5.92 Å². The minimum atomic E-state index is -0.895. The molecule has 6 heteroatoms. The summed E-state index contributed by atoms with van der Waals surface area (Å²) in [5.74, 6) is -2.02. The smallest absolute Gasteiger partial charge is 0.416 e. The van der Waals surface area contributed by atoms with Crippen molar-refractivity contribution in [1.29, 1.82) is 0 Å². The number of hydrogen-bond donors (Lipinski definition) is 0. The molecule has 0 aromatic carbocycles. The molecule has 18 heavy (non-hydrogen) atoms. The average molecular weight is 257 g/mol. The number of rotatable bonds is 2. The highest BCUT2D eigenvalue weighted by atomic mass is 16.6. The third kappa shape index (κ3) is 3.45. The van der Waals surface area contributed by atoms with Crippen LogP contribution in [0.1, 0.15) is 34.1 Å². The third-order valence-corrected chi connectivity index (χ3v) is 2.39. The SMILES string of the molecule is CCOC(=O)N1CCC(C(=O)OC(C)(C)C)C1=O. The van der Waals surface area contributed by atoms with Gasteiger partial charge in [0.15, 0.2) is 0 Å². The van der Waals surface area contributed by atoms with Crippen LogP contribution in [0.2, 0.25) is 0 Å². The number of likely N-dealkylation sites (tertiary alicyclic amines) is 1. The molecule has 1 saturated heterocycles. The van der Waals surface area contributed by atoms with E-state index in [1.807, 2.05) is 0 Å². The van der Waals surface area contributed by atoms with Gasteiger partial charge < -0.3 is 9.47 Å². The predicted octanol–water partition coefficient (Wildman–Crippen LogP) is 1.33. The summed E-state index contributed by atoms with van der Waals surface area (Å²) in [7, 11) is 0. The first-order chi connectivity index (χ1) is 8.26. The molecule has 0 bridgehead atoms. The van der Waals surface area contributed by atoms with Gasteiger partial charge in [-0.15, -0.1) is 0 Å². The van der Waals surface area contributed by atoms with Crippen LogP contribution in [-0.4, -0.2) is 41.6 Å².